The van der Waals surface area contributed by atoms with Crippen molar-refractivity contribution >= 4 is 17.8 Å². The maximum atomic E-state index is 12.8. The van der Waals surface area contributed by atoms with Crippen LogP contribution in [0.15, 0.2) is 48.5 Å². The number of amides is 2. The molecule has 198 valence electrons. The van der Waals surface area contributed by atoms with Gasteiger partial charge in [-0.2, -0.15) is 13.2 Å². The van der Waals surface area contributed by atoms with Gasteiger partial charge in [-0.15, -0.1) is 0 Å². The number of hydrogen-bond acceptors (Lipinski definition) is 5. The minimum Gasteiger partial charge on any atom is -0.465 e. The molecular weight excluding hydrogens is 487 g/mol. The van der Waals surface area contributed by atoms with Gasteiger partial charge in [0.2, 0.25) is 5.91 Å². The number of ether oxygens (including phenoxy) is 1. The average Bonchev–Trinajstić information content (AvgIpc) is 2.88. The van der Waals surface area contributed by atoms with Gasteiger partial charge in [0, 0.05) is 24.7 Å². The van der Waals surface area contributed by atoms with Crippen molar-refractivity contribution in [2.24, 2.45) is 0 Å². The van der Waals surface area contributed by atoms with Gasteiger partial charge in [0.15, 0.2) is 0 Å². The smallest absolute Gasteiger partial charge is 0.416 e. The van der Waals surface area contributed by atoms with E-state index >= 15 is 0 Å². The first kappa shape index (κ1) is 26.7. The van der Waals surface area contributed by atoms with E-state index in [4.69, 9.17) is 4.74 Å². The zero-order chi connectivity index (χ0) is 26.6. The van der Waals surface area contributed by atoms with Crippen molar-refractivity contribution in [2.75, 3.05) is 26.7 Å². The molecule has 2 aromatic rings. The van der Waals surface area contributed by atoms with Crippen LogP contribution in [0.1, 0.15) is 63.4 Å². The summed E-state index contributed by atoms with van der Waals surface area (Å²) in [5, 5.41) is 5.25. The van der Waals surface area contributed by atoms with Crippen LogP contribution in [0.3, 0.4) is 0 Å². The Kier molecular flexibility index (Phi) is 8.16. The van der Waals surface area contributed by atoms with E-state index in [1.807, 2.05) is 12.1 Å². The predicted molar refractivity (Wildman–Crippen MR) is 130 cm³/mol. The quantitative estimate of drug-likeness (QED) is 0.547. The molecule has 1 saturated heterocycles. The van der Waals surface area contributed by atoms with E-state index in [1.165, 1.54) is 13.2 Å². The first-order valence-corrected chi connectivity index (χ1v) is 12.3. The predicted octanol–water partition coefficient (Wildman–Crippen LogP) is 3.75. The Bertz CT molecular complexity index is 1140. The Morgan fingerprint density at radius 1 is 0.973 bits per heavy atom. The van der Waals surface area contributed by atoms with Crippen LogP contribution in [-0.2, 0) is 15.7 Å². The molecule has 0 unspecified atom stereocenters. The minimum atomic E-state index is -4.54. The number of carbonyl (C=O) groups excluding carboxylic acids is 3. The third-order valence-corrected chi connectivity index (χ3v) is 7.13. The molecule has 0 aromatic heterocycles. The molecular formula is C27H30F3N3O4. The number of rotatable bonds is 7. The largest absolute Gasteiger partial charge is 0.465 e. The van der Waals surface area contributed by atoms with Crippen LogP contribution in [0.5, 0.6) is 0 Å². The highest BCUT2D eigenvalue weighted by atomic mass is 19.4. The van der Waals surface area contributed by atoms with E-state index in [2.05, 4.69) is 21.6 Å². The topological polar surface area (TPSA) is 87.7 Å². The number of hydrogen-bond donors (Lipinski definition) is 2. The van der Waals surface area contributed by atoms with E-state index < -0.39 is 17.6 Å². The summed E-state index contributed by atoms with van der Waals surface area (Å²) in [6.07, 6.45) is -0.449. The fourth-order valence-corrected chi connectivity index (χ4v) is 5.09. The van der Waals surface area contributed by atoms with Crippen molar-refractivity contribution in [3.63, 3.8) is 0 Å². The summed E-state index contributed by atoms with van der Waals surface area (Å²) < 4.78 is 43.3. The Labute approximate surface area is 213 Å². The lowest BCUT2D eigenvalue weighted by Gasteiger charge is -2.46. The number of alkyl halides is 3. The Balaban J connectivity index is 1.17. The lowest BCUT2D eigenvalue weighted by molar-refractivity contribution is -0.137. The van der Waals surface area contributed by atoms with E-state index in [9.17, 15) is 27.6 Å². The molecule has 2 amide bonds. The van der Waals surface area contributed by atoms with Crippen molar-refractivity contribution in [1.29, 1.82) is 0 Å². The van der Waals surface area contributed by atoms with Gasteiger partial charge in [-0.1, -0.05) is 18.2 Å². The lowest BCUT2D eigenvalue weighted by Crippen LogP contribution is -2.63. The molecule has 0 atom stereocenters. The third kappa shape index (κ3) is 6.68. The SMILES string of the molecule is COC(=O)c1cccc(C2CCC(N3CC(NC(=O)CNC(=O)c4cccc(C(F)(F)F)c4)C3)CC2)c1. The maximum Gasteiger partial charge on any atom is 0.416 e. The maximum absolute atomic E-state index is 12.8. The Morgan fingerprint density at radius 3 is 2.32 bits per heavy atom. The number of nitrogens with one attached hydrogen (secondary N) is 2. The molecule has 1 heterocycles. The lowest BCUT2D eigenvalue weighted by atomic mass is 9.80. The summed E-state index contributed by atoms with van der Waals surface area (Å²) in [6.45, 7) is 1.14. The fraction of sp³-hybridized carbons (Fsp3) is 0.444. The van der Waals surface area contributed by atoms with E-state index in [0.717, 1.165) is 62.5 Å². The van der Waals surface area contributed by atoms with Crippen LogP contribution >= 0.6 is 0 Å². The second-order valence-corrected chi connectivity index (χ2v) is 9.60. The van der Waals surface area contributed by atoms with E-state index in [1.54, 1.807) is 6.07 Å². The number of likely N-dealkylation sites (tertiary alicyclic amines) is 1. The second kappa shape index (κ2) is 11.3. The molecule has 2 N–H and O–H groups in total. The monoisotopic (exact) mass is 517 g/mol. The Hall–Kier alpha value is -3.40. The van der Waals surface area contributed by atoms with Crippen LogP contribution in [0.25, 0.3) is 0 Å². The number of benzene rings is 2. The van der Waals surface area contributed by atoms with E-state index in [0.29, 0.717) is 17.5 Å². The number of nitrogens with zero attached hydrogens (tertiary/aromatic N) is 1. The number of methoxy groups -OCH3 is 1. The van der Waals surface area contributed by atoms with Crippen LogP contribution < -0.4 is 10.6 Å². The van der Waals surface area contributed by atoms with Crippen LogP contribution in [-0.4, -0.2) is 61.5 Å². The van der Waals surface area contributed by atoms with Crippen molar-refractivity contribution in [2.45, 2.75) is 49.9 Å². The summed E-state index contributed by atoms with van der Waals surface area (Å²) in [4.78, 5) is 38.5. The molecule has 2 aliphatic rings. The van der Waals surface area contributed by atoms with Gasteiger partial charge in [0.1, 0.15) is 0 Å². The first-order valence-electron chi connectivity index (χ1n) is 12.3. The normalized spacial score (nSPS) is 20.5. The zero-order valence-electron chi connectivity index (χ0n) is 20.5. The van der Waals surface area contributed by atoms with E-state index in [-0.39, 0.29) is 30.0 Å². The molecule has 0 bridgehead atoms. The molecule has 2 fully saturated rings. The summed E-state index contributed by atoms with van der Waals surface area (Å²) in [5.74, 6) is -1.04. The molecule has 2 aromatic carbocycles. The van der Waals surface area contributed by atoms with Gasteiger partial charge in [-0.05, 0) is 67.5 Å². The first-order chi connectivity index (χ1) is 17.6. The van der Waals surface area contributed by atoms with Crippen LogP contribution in [0, 0.1) is 0 Å². The number of carbonyl (C=O) groups is 3. The molecule has 0 spiro atoms. The highest BCUT2D eigenvalue weighted by molar-refractivity contribution is 5.96. The number of esters is 1. The minimum absolute atomic E-state index is 0.0209. The highest BCUT2D eigenvalue weighted by Gasteiger charge is 2.35. The molecule has 1 aliphatic heterocycles. The van der Waals surface area contributed by atoms with Crippen molar-refractivity contribution in [3.05, 3.63) is 70.8 Å². The van der Waals surface area contributed by atoms with Gasteiger partial charge < -0.3 is 15.4 Å². The van der Waals surface area contributed by atoms with Crippen molar-refractivity contribution in [1.82, 2.24) is 15.5 Å². The molecule has 1 aliphatic carbocycles. The fourth-order valence-electron chi connectivity index (χ4n) is 5.09. The van der Waals surface area contributed by atoms with Gasteiger partial charge in [0.05, 0.1) is 30.8 Å². The summed E-state index contributed by atoms with van der Waals surface area (Å²) in [5.41, 5.74) is 0.657. The highest BCUT2D eigenvalue weighted by Crippen LogP contribution is 2.36. The Morgan fingerprint density at radius 2 is 1.65 bits per heavy atom. The standard InChI is InChI=1S/C27H30F3N3O4/c1-37-26(36)20-6-2-4-18(12-20)17-8-10-23(11-9-17)33-15-22(16-33)32-24(34)14-31-25(35)19-5-3-7-21(13-19)27(28,29)30/h2-7,12-13,17,22-23H,8-11,14-16H2,1H3,(H,31,35)(H,32,34). The number of halogens is 3. The van der Waals surface area contributed by atoms with Crippen molar-refractivity contribution in [3.8, 4) is 0 Å². The zero-order valence-corrected chi connectivity index (χ0v) is 20.5. The molecule has 0 radical (unpaired) electrons. The van der Waals surface area contributed by atoms with Gasteiger partial charge in [-0.3, -0.25) is 14.5 Å². The molecule has 1 saturated carbocycles. The third-order valence-electron chi connectivity index (χ3n) is 7.13. The second-order valence-electron chi connectivity index (χ2n) is 9.60. The average molecular weight is 518 g/mol. The van der Waals surface area contributed by atoms with Crippen LogP contribution in [0.4, 0.5) is 13.2 Å². The van der Waals surface area contributed by atoms with Crippen LogP contribution in [0.2, 0.25) is 0 Å². The molecule has 7 nitrogen and oxygen atoms in total. The molecule has 10 heteroatoms. The van der Waals surface area contributed by atoms with Gasteiger partial charge in [-0.25, -0.2) is 4.79 Å². The summed E-state index contributed by atoms with van der Waals surface area (Å²) in [6, 6.07) is 12.1. The van der Waals surface area contributed by atoms with Gasteiger partial charge in [0.25, 0.3) is 5.91 Å². The van der Waals surface area contributed by atoms with Gasteiger partial charge >= 0.3 is 12.1 Å². The molecule has 37 heavy (non-hydrogen) atoms. The molecule has 4 rings (SSSR count). The van der Waals surface area contributed by atoms with Crippen molar-refractivity contribution < 1.29 is 32.3 Å². The summed E-state index contributed by atoms with van der Waals surface area (Å²) in [7, 11) is 1.37. The summed E-state index contributed by atoms with van der Waals surface area (Å²) >= 11 is 0.